The number of thiocarbonyl (C=S) groups is 1. The van der Waals surface area contributed by atoms with Crippen molar-refractivity contribution in [2.75, 3.05) is 24.7 Å². The van der Waals surface area contributed by atoms with Crippen LogP contribution < -0.4 is 4.90 Å². The quantitative estimate of drug-likeness (QED) is 0.351. The van der Waals surface area contributed by atoms with E-state index in [-0.39, 0.29) is 11.8 Å². The normalized spacial score (nSPS) is 18.3. The summed E-state index contributed by atoms with van der Waals surface area (Å²) in [5.74, 6) is -0.349. The molecular formula is C24H24N2O3S2. The van der Waals surface area contributed by atoms with Gasteiger partial charge < -0.3 is 9.64 Å². The van der Waals surface area contributed by atoms with Crippen LogP contribution in [0.4, 0.5) is 5.69 Å². The molecule has 0 saturated carbocycles. The monoisotopic (exact) mass is 452 g/mol. The highest BCUT2D eigenvalue weighted by Crippen LogP contribution is 2.45. The van der Waals surface area contributed by atoms with Crippen molar-refractivity contribution >= 4 is 51.4 Å². The van der Waals surface area contributed by atoms with E-state index < -0.39 is 0 Å². The number of rotatable bonds is 7. The van der Waals surface area contributed by atoms with E-state index in [1.165, 1.54) is 17.3 Å². The summed E-state index contributed by atoms with van der Waals surface area (Å²) in [4.78, 5) is 30.4. The van der Waals surface area contributed by atoms with Gasteiger partial charge in [-0.3, -0.25) is 14.5 Å². The van der Waals surface area contributed by atoms with Gasteiger partial charge in [0.15, 0.2) is 0 Å². The number of thioether (sulfide) groups is 1. The Morgan fingerprint density at radius 2 is 1.74 bits per heavy atom. The van der Waals surface area contributed by atoms with Gasteiger partial charge in [0.2, 0.25) is 0 Å². The number of benzene rings is 2. The second kappa shape index (κ2) is 9.34. The lowest BCUT2D eigenvalue weighted by Gasteiger charge is -2.17. The van der Waals surface area contributed by atoms with Crippen molar-refractivity contribution in [3.8, 4) is 0 Å². The number of amides is 2. The van der Waals surface area contributed by atoms with Crippen LogP contribution in [0, 0.1) is 6.92 Å². The standard InChI is InChI=1S/C24H24N2O3S2/c1-3-29-14-6-13-25-23(28)21(31-24(25)30)20-18-7-4-5-8-19(18)26(22(20)27)15-17-11-9-16(2)10-12-17/h4-5,7-12H,3,6,13-15H2,1-2H3/b21-20-. The molecule has 160 valence electrons. The summed E-state index contributed by atoms with van der Waals surface area (Å²) in [6.07, 6.45) is 0.701. The second-order valence-electron chi connectivity index (χ2n) is 7.47. The van der Waals surface area contributed by atoms with Crippen molar-refractivity contribution < 1.29 is 14.3 Å². The number of carbonyl (C=O) groups excluding carboxylic acids is 2. The summed E-state index contributed by atoms with van der Waals surface area (Å²) < 4.78 is 5.86. The third-order valence-electron chi connectivity index (χ3n) is 5.34. The van der Waals surface area contributed by atoms with Gasteiger partial charge in [-0.2, -0.15) is 0 Å². The molecule has 0 radical (unpaired) electrons. The molecule has 5 nitrogen and oxygen atoms in total. The van der Waals surface area contributed by atoms with Crippen LogP contribution in [0.2, 0.25) is 0 Å². The molecule has 7 heteroatoms. The Bertz CT molecular complexity index is 1060. The highest BCUT2D eigenvalue weighted by molar-refractivity contribution is 8.26. The molecule has 0 aliphatic carbocycles. The van der Waals surface area contributed by atoms with Crippen molar-refractivity contribution in [3.63, 3.8) is 0 Å². The minimum atomic E-state index is -0.193. The van der Waals surface area contributed by atoms with Gasteiger partial charge in [0.25, 0.3) is 11.8 Å². The lowest BCUT2D eigenvalue weighted by molar-refractivity contribution is -0.122. The first-order chi connectivity index (χ1) is 15.0. The Labute approximate surface area is 192 Å². The van der Waals surface area contributed by atoms with E-state index in [2.05, 4.69) is 0 Å². The maximum absolute atomic E-state index is 13.5. The molecule has 0 N–H and O–H groups in total. The average Bonchev–Trinajstić information content (AvgIpc) is 3.20. The lowest BCUT2D eigenvalue weighted by atomic mass is 10.1. The lowest BCUT2D eigenvalue weighted by Crippen LogP contribution is -2.30. The van der Waals surface area contributed by atoms with E-state index in [0.717, 1.165) is 16.8 Å². The molecule has 2 amide bonds. The Hall–Kier alpha value is -2.48. The Balaban J connectivity index is 1.64. The van der Waals surface area contributed by atoms with Gasteiger partial charge in [-0.1, -0.05) is 72.0 Å². The Morgan fingerprint density at radius 1 is 1.00 bits per heavy atom. The molecule has 0 aromatic heterocycles. The van der Waals surface area contributed by atoms with Crippen LogP contribution in [0.5, 0.6) is 0 Å². The molecule has 2 aromatic rings. The maximum atomic E-state index is 13.5. The topological polar surface area (TPSA) is 49.9 Å². The summed E-state index contributed by atoms with van der Waals surface area (Å²) in [6, 6.07) is 15.8. The predicted octanol–water partition coefficient (Wildman–Crippen LogP) is 4.54. The SMILES string of the molecule is CCOCCCN1C(=O)/C(=C2/C(=O)N(Cc3ccc(C)cc3)c3ccccc32)SC1=S. The summed E-state index contributed by atoms with van der Waals surface area (Å²) in [7, 11) is 0. The van der Waals surface area contributed by atoms with Crippen molar-refractivity contribution in [1.29, 1.82) is 0 Å². The number of hydrogen-bond donors (Lipinski definition) is 0. The number of carbonyl (C=O) groups is 2. The molecular weight excluding hydrogens is 428 g/mol. The molecule has 31 heavy (non-hydrogen) atoms. The summed E-state index contributed by atoms with van der Waals surface area (Å²) in [5.41, 5.74) is 4.27. The largest absolute Gasteiger partial charge is 0.382 e. The molecule has 1 fully saturated rings. The van der Waals surface area contributed by atoms with Gasteiger partial charge >= 0.3 is 0 Å². The van der Waals surface area contributed by atoms with E-state index in [1.54, 1.807) is 9.80 Å². The maximum Gasteiger partial charge on any atom is 0.267 e. The third-order valence-corrected chi connectivity index (χ3v) is 6.78. The molecule has 0 spiro atoms. The van der Waals surface area contributed by atoms with E-state index in [9.17, 15) is 9.59 Å². The smallest absolute Gasteiger partial charge is 0.267 e. The fourth-order valence-electron chi connectivity index (χ4n) is 3.74. The van der Waals surface area contributed by atoms with Crippen LogP contribution in [-0.4, -0.2) is 40.8 Å². The van der Waals surface area contributed by atoms with E-state index in [4.69, 9.17) is 17.0 Å². The third kappa shape index (κ3) is 4.31. The van der Waals surface area contributed by atoms with Gasteiger partial charge in [0.05, 0.1) is 22.7 Å². The van der Waals surface area contributed by atoms with Crippen LogP contribution in [0.25, 0.3) is 5.57 Å². The first-order valence-corrected chi connectivity index (χ1v) is 11.6. The molecule has 2 aliphatic heterocycles. The highest BCUT2D eigenvalue weighted by Gasteiger charge is 2.41. The Kier molecular flexibility index (Phi) is 6.55. The fraction of sp³-hybridized carbons (Fsp3) is 0.292. The Morgan fingerprint density at radius 3 is 2.48 bits per heavy atom. The van der Waals surface area contributed by atoms with E-state index in [1.807, 2.05) is 62.4 Å². The van der Waals surface area contributed by atoms with Gasteiger partial charge in [0, 0.05) is 25.3 Å². The molecule has 0 unspecified atom stereocenters. The van der Waals surface area contributed by atoms with Crippen LogP contribution in [0.1, 0.15) is 30.0 Å². The fourth-order valence-corrected chi connectivity index (χ4v) is 5.12. The minimum absolute atomic E-state index is 0.156. The summed E-state index contributed by atoms with van der Waals surface area (Å²) in [6.45, 7) is 6.14. The van der Waals surface area contributed by atoms with Crippen LogP contribution in [0.15, 0.2) is 53.4 Å². The van der Waals surface area contributed by atoms with Crippen LogP contribution >= 0.6 is 24.0 Å². The van der Waals surface area contributed by atoms with Gasteiger partial charge in [0.1, 0.15) is 4.32 Å². The van der Waals surface area contributed by atoms with E-state index >= 15 is 0 Å². The zero-order valence-electron chi connectivity index (χ0n) is 17.6. The second-order valence-corrected chi connectivity index (χ2v) is 9.12. The first-order valence-electron chi connectivity index (χ1n) is 10.3. The summed E-state index contributed by atoms with van der Waals surface area (Å²) in [5, 5.41) is 0. The molecule has 0 atom stereocenters. The number of fused-ring (bicyclic) bond motifs is 1. The molecule has 1 saturated heterocycles. The first kappa shape index (κ1) is 21.7. The molecule has 2 aliphatic rings. The molecule has 2 heterocycles. The number of aryl methyl sites for hydroxylation is 1. The number of anilines is 1. The van der Waals surface area contributed by atoms with Crippen molar-refractivity contribution in [3.05, 3.63) is 70.1 Å². The van der Waals surface area contributed by atoms with Crippen molar-refractivity contribution in [1.82, 2.24) is 4.90 Å². The molecule has 4 rings (SSSR count). The highest BCUT2D eigenvalue weighted by atomic mass is 32.2. The van der Waals surface area contributed by atoms with E-state index in [0.29, 0.717) is 47.5 Å². The predicted molar refractivity (Wildman–Crippen MR) is 129 cm³/mol. The van der Waals surface area contributed by atoms with Crippen LogP contribution in [-0.2, 0) is 20.9 Å². The number of nitrogens with zero attached hydrogens (tertiary/aromatic N) is 2. The number of para-hydroxylation sites is 1. The average molecular weight is 453 g/mol. The van der Waals surface area contributed by atoms with Crippen molar-refractivity contribution in [2.24, 2.45) is 0 Å². The van der Waals surface area contributed by atoms with Crippen LogP contribution in [0.3, 0.4) is 0 Å². The zero-order valence-corrected chi connectivity index (χ0v) is 19.2. The number of hydrogen-bond acceptors (Lipinski definition) is 5. The van der Waals surface area contributed by atoms with Crippen molar-refractivity contribution in [2.45, 2.75) is 26.8 Å². The minimum Gasteiger partial charge on any atom is -0.382 e. The zero-order chi connectivity index (χ0) is 22.0. The number of ether oxygens (including phenoxy) is 1. The van der Waals surface area contributed by atoms with Gasteiger partial charge in [-0.25, -0.2) is 0 Å². The molecule has 2 aromatic carbocycles. The summed E-state index contributed by atoms with van der Waals surface area (Å²) >= 11 is 6.68. The van der Waals surface area contributed by atoms with Gasteiger partial charge in [-0.05, 0) is 31.9 Å². The molecule has 0 bridgehead atoms. The van der Waals surface area contributed by atoms with Gasteiger partial charge in [-0.15, -0.1) is 0 Å².